The van der Waals surface area contributed by atoms with E-state index in [0.717, 1.165) is 35.6 Å². The highest BCUT2D eigenvalue weighted by Gasteiger charge is 2.17. The van der Waals surface area contributed by atoms with Crippen LogP contribution in [-0.4, -0.2) is 36.6 Å². The Balaban J connectivity index is 2.00. The van der Waals surface area contributed by atoms with E-state index in [0.29, 0.717) is 0 Å². The van der Waals surface area contributed by atoms with Crippen LogP contribution in [0.2, 0.25) is 0 Å². The van der Waals surface area contributed by atoms with Gasteiger partial charge in [0, 0.05) is 43.8 Å². The van der Waals surface area contributed by atoms with Crippen LogP contribution in [0.25, 0.3) is 11.6 Å². The van der Waals surface area contributed by atoms with Gasteiger partial charge in [-0.25, -0.2) is 9.78 Å². The molecule has 2 heterocycles. The Bertz CT molecular complexity index is 705. The summed E-state index contributed by atoms with van der Waals surface area (Å²) in [5, 5.41) is 6.03. The second-order valence-electron chi connectivity index (χ2n) is 5.18. The monoisotopic (exact) mass is 297 g/mol. The number of fused-ring (bicyclic) bond motifs is 1. The van der Waals surface area contributed by atoms with Crippen molar-refractivity contribution in [3.8, 4) is 0 Å². The minimum atomic E-state index is -0.137. The zero-order chi connectivity index (χ0) is 15.5. The van der Waals surface area contributed by atoms with Crippen LogP contribution in [0.5, 0.6) is 0 Å². The van der Waals surface area contributed by atoms with Gasteiger partial charge in [-0.1, -0.05) is 0 Å². The Hall–Kier alpha value is -2.76. The van der Waals surface area contributed by atoms with E-state index in [4.69, 9.17) is 0 Å². The first-order valence-corrected chi connectivity index (χ1v) is 7.22. The molecule has 1 aliphatic heterocycles. The zero-order valence-corrected chi connectivity index (χ0v) is 12.7. The van der Waals surface area contributed by atoms with Crippen molar-refractivity contribution in [3.05, 3.63) is 42.0 Å². The van der Waals surface area contributed by atoms with Crippen LogP contribution in [0, 0.1) is 0 Å². The number of rotatable bonds is 2. The maximum absolute atomic E-state index is 11.8. The van der Waals surface area contributed by atoms with Gasteiger partial charge in [-0.15, -0.1) is 0 Å². The third-order valence-corrected chi connectivity index (χ3v) is 3.81. The van der Waals surface area contributed by atoms with E-state index < -0.39 is 0 Å². The molecule has 1 aromatic heterocycles. The first-order valence-electron chi connectivity index (χ1n) is 7.22. The number of carbonyl (C=O) groups is 1. The number of urea groups is 1. The first-order chi connectivity index (χ1) is 10.7. The fraction of sp³-hybridized carbons (Fsp3) is 0.250. The summed E-state index contributed by atoms with van der Waals surface area (Å²) >= 11 is 0. The number of aromatic amines is 1. The normalized spacial score (nSPS) is 15.1. The predicted octanol–water partition coefficient (Wildman–Crippen LogP) is 2.54. The number of anilines is 2. The number of aromatic nitrogens is 2. The molecule has 6 heteroatoms. The van der Waals surface area contributed by atoms with Crippen molar-refractivity contribution in [2.24, 2.45) is 0 Å². The van der Waals surface area contributed by atoms with Crippen LogP contribution in [0.3, 0.4) is 0 Å². The maximum atomic E-state index is 11.8. The van der Waals surface area contributed by atoms with Crippen LogP contribution < -0.4 is 15.5 Å². The molecule has 0 spiro atoms. The Morgan fingerprint density at radius 1 is 1.45 bits per heavy atom. The molecule has 0 fully saturated rings. The lowest BCUT2D eigenvalue weighted by atomic mass is 9.95. The molecule has 0 atom stereocenters. The maximum Gasteiger partial charge on any atom is 0.321 e. The number of imidazole rings is 1. The average molecular weight is 297 g/mol. The standard InChI is InChI=1S/C16H19N5O/c1-17-16(22)21(2)13-3-4-15-14(8-13)11(5-6-19-15)7-12-9-18-10-20-12/h3-4,7-10,19H,5-6H2,1-2H3,(H,17,22)(H,18,20)/b11-7+. The number of hydrogen-bond donors (Lipinski definition) is 3. The zero-order valence-electron chi connectivity index (χ0n) is 12.7. The summed E-state index contributed by atoms with van der Waals surface area (Å²) in [6.07, 6.45) is 6.55. The van der Waals surface area contributed by atoms with Gasteiger partial charge >= 0.3 is 6.03 Å². The molecular formula is C16H19N5O. The molecule has 1 aliphatic rings. The Morgan fingerprint density at radius 3 is 3.05 bits per heavy atom. The summed E-state index contributed by atoms with van der Waals surface area (Å²) in [5.41, 5.74) is 5.18. The molecule has 3 rings (SSSR count). The molecule has 0 aliphatic carbocycles. The fourth-order valence-electron chi connectivity index (χ4n) is 2.59. The first kappa shape index (κ1) is 14.2. The number of amides is 2. The Morgan fingerprint density at radius 2 is 2.32 bits per heavy atom. The molecule has 2 aromatic rings. The lowest BCUT2D eigenvalue weighted by Crippen LogP contribution is -2.34. The number of H-pyrrole nitrogens is 1. The Kier molecular flexibility index (Phi) is 3.82. The third-order valence-electron chi connectivity index (χ3n) is 3.81. The van der Waals surface area contributed by atoms with Crippen molar-refractivity contribution in [3.63, 3.8) is 0 Å². The van der Waals surface area contributed by atoms with E-state index >= 15 is 0 Å². The number of nitrogens with zero attached hydrogens (tertiary/aromatic N) is 2. The highest BCUT2D eigenvalue weighted by Crippen LogP contribution is 2.34. The van der Waals surface area contributed by atoms with Crippen molar-refractivity contribution in [2.45, 2.75) is 6.42 Å². The molecule has 114 valence electrons. The Labute approximate surface area is 129 Å². The number of hydrogen-bond acceptors (Lipinski definition) is 3. The molecule has 0 unspecified atom stereocenters. The van der Waals surface area contributed by atoms with Gasteiger partial charge < -0.3 is 15.6 Å². The summed E-state index contributed by atoms with van der Waals surface area (Å²) in [4.78, 5) is 20.6. The molecule has 0 saturated heterocycles. The van der Waals surface area contributed by atoms with E-state index in [-0.39, 0.29) is 6.03 Å². The number of nitrogens with one attached hydrogen (secondary N) is 3. The van der Waals surface area contributed by atoms with Crippen molar-refractivity contribution in [1.29, 1.82) is 0 Å². The minimum absolute atomic E-state index is 0.137. The van der Waals surface area contributed by atoms with Crippen LogP contribution in [0.4, 0.5) is 16.2 Å². The van der Waals surface area contributed by atoms with Crippen LogP contribution in [0.15, 0.2) is 30.7 Å². The third kappa shape index (κ3) is 2.67. The molecule has 3 N–H and O–H groups in total. The SMILES string of the molecule is CNC(=O)N(C)c1ccc2c(c1)/C(=C/c1c[nH]cn1)CCN2. The van der Waals surface area contributed by atoms with Crippen molar-refractivity contribution < 1.29 is 4.79 Å². The van der Waals surface area contributed by atoms with E-state index in [2.05, 4.69) is 26.7 Å². The topological polar surface area (TPSA) is 73.0 Å². The van der Waals surface area contributed by atoms with Crippen molar-refractivity contribution >= 4 is 29.1 Å². The quantitative estimate of drug-likeness (QED) is 0.797. The highest BCUT2D eigenvalue weighted by atomic mass is 16.2. The summed E-state index contributed by atoms with van der Waals surface area (Å²) < 4.78 is 0. The molecule has 2 amide bonds. The minimum Gasteiger partial charge on any atom is -0.384 e. The highest BCUT2D eigenvalue weighted by molar-refractivity contribution is 5.94. The fourth-order valence-corrected chi connectivity index (χ4v) is 2.59. The molecule has 1 aromatic carbocycles. The van der Waals surface area contributed by atoms with E-state index in [9.17, 15) is 4.79 Å². The van der Waals surface area contributed by atoms with Gasteiger partial charge in [0.05, 0.1) is 12.0 Å². The molecule has 0 radical (unpaired) electrons. The van der Waals surface area contributed by atoms with Crippen molar-refractivity contribution in [2.75, 3.05) is 30.9 Å². The van der Waals surface area contributed by atoms with Gasteiger partial charge in [-0.3, -0.25) is 4.90 Å². The molecule has 6 nitrogen and oxygen atoms in total. The summed E-state index contributed by atoms with van der Waals surface area (Å²) in [6.45, 7) is 0.897. The molecule has 0 saturated carbocycles. The second-order valence-corrected chi connectivity index (χ2v) is 5.18. The largest absolute Gasteiger partial charge is 0.384 e. The molecular weight excluding hydrogens is 278 g/mol. The van der Waals surface area contributed by atoms with Gasteiger partial charge in [-0.05, 0) is 36.3 Å². The second kappa shape index (κ2) is 5.93. The lowest BCUT2D eigenvalue weighted by molar-refractivity contribution is 0.249. The predicted molar refractivity (Wildman–Crippen MR) is 88.9 cm³/mol. The van der Waals surface area contributed by atoms with Crippen LogP contribution in [0.1, 0.15) is 17.7 Å². The molecule has 0 bridgehead atoms. The van der Waals surface area contributed by atoms with E-state index in [1.165, 1.54) is 5.57 Å². The molecule has 22 heavy (non-hydrogen) atoms. The number of benzene rings is 1. The van der Waals surface area contributed by atoms with Crippen LogP contribution in [-0.2, 0) is 0 Å². The van der Waals surface area contributed by atoms with Gasteiger partial charge in [0.15, 0.2) is 0 Å². The van der Waals surface area contributed by atoms with Gasteiger partial charge in [0.2, 0.25) is 0 Å². The van der Waals surface area contributed by atoms with Gasteiger partial charge in [-0.2, -0.15) is 0 Å². The summed E-state index contributed by atoms with van der Waals surface area (Å²) in [5.74, 6) is 0. The van der Waals surface area contributed by atoms with Crippen molar-refractivity contribution in [1.82, 2.24) is 15.3 Å². The smallest absolute Gasteiger partial charge is 0.321 e. The number of carbonyl (C=O) groups excluding carboxylic acids is 1. The van der Waals surface area contributed by atoms with Gasteiger partial charge in [0.25, 0.3) is 0 Å². The average Bonchev–Trinajstić information content (AvgIpc) is 3.06. The van der Waals surface area contributed by atoms with Crippen LogP contribution >= 0.6 is 0 Å². The van der Waals surface area contributed by atoms with E-state index in [1.54, 1.807) is 25.3 Å². The lowest BCUT2D eigenvalue weighted by Gasteiger charge is -2.24. The van der Waals surface area contributed by atoms with Gasteiger partial charge in [0.1, 0.15) is 0 Å². The van der Waals surface area contributed by atoms with E-state index in [1.807, 2.05) is 24.4 Å². The summed E-state index contributed by atoms with van der Waals surface area (Å²) in [6, 6.07) is 5.86. The summed E-state index contributed by atoms with van der Waals surface area (Å²) in [7, 11) is 3.38.